The molecule has 0 radical (unpaired) electrons. The second-order valence-corrected chi connectivity index (χ2v) is 7.42. The van der Waals surface area contributed by atoms with E-state index in [9.17, 15) is 9.50 Å². The molecule has 3 unspecified atom stereocenters. The molecule has 1 saturated heterocycles. The fraction of sp³-hybridized carbons (Fsp3) is 0.412. The van der Waals surface area contributed by atoms with Gasteiger partial charge in [-0.05, 0) is 31.5 Å². The van der Waals surface area contributed by atoms with E-state index in [1.54, 1.807) is 6.07 Å². The van der Waals surface area contributed by atoms with Gasteiger partial charge in [-0.1, -0.05) is 23.5 Å². The first-order valence-corrected chi connectivity index (χ1v) is 9.01. The molecule has 0 aliphatic carbocycles. The Balaban J connectivity index is 1.83. The van der Waals surface area contributed by atoms with E-state index in [4.69, 9.17) is 4.74 Å². The predicted molar refractivity (Wildman–Crippen MR) is 92.4 cm³/mol. The Bertz CT molecular complexity index is 886. The molecule has 1 N–H and O–H groups in total. The first-order valence-electron chi connectivity index (χ1n) is 8.19. The minimum Gasteiger partial charge on any atom is -0.492 e. The molecule has 3 aromatic rings. The molecule has 0 amide bonds. The number of nitrogens with zero attached hydrogens (tertiary/aromatic N) is 4. The van der Waals surface area contributed by atoms with Crippen LogP contribution in [0.4, 0.5) is 4.39 Å². The molecule has 3 atom stereocenters. The maximum atomic E-state index is 13.9. The molecule has 6 nitrogen and oxygen atoms in total. The molecule has 132 valence electrons. The number of halogens is 1. The number of rotatable bonds is 3. The smallest absolute Gasteiger partial charge is 0.230 e. The van der Waals surface area contributed by atoms with E-state index >= 15 is 0 Å². The van der Waals surface area contributed by atoms with Crippen molar-refractivity contribution in [1.29, 1.82) is 0 Å². The molecule has 1 aromatic carbocycles. The average molecular weight is 362 g/mol. The highest BCUT2D eigenvalue weighted by atomic mass is 32.1. The van der Waals surface area contributed by atoms with Gasteiger partial charge in [-0.3, -0.25) is 4.90 Å². The molecular formula is C17H19FN4O2S. The number of ether oxygens (including phenoxy) is 1. The summed E-state index contributed by atoms with van der Waals surface area (Å²) in [5.41, 5.74) is 0.793. The van der Waals surface area contributed by atoms with E-state index in [0.29, 0.717) is 22.9 Å². The van der Waals surface area contributed by atoms with Crippen LogP contribution < -0.4 is 0 Å². The molecule has 4 rings (SSSR count). The number of fused-ring (bicyclic) bond motifs is 1. The lowest BCUT2D eigenvalue weighted by atomic mass is 10.0. The van der Waals surface area contributed by atoms with E-state index in [1.165, 1.54) is 34.3 Å². The zero-order chi connectivity index (χ0) is 17.6. The van der Waals surface area contributed by atoms with E-state index < -0.39 is 0 Å². The summed E-state index contributed by atoms with van der Waals surface area (Å²) in [6.45, 7) is 5.43. The van der Waals surface area contributed by atoms with Crippen LogP contribution in [0, 0.1) is 5.82 Å². The zero-order valence-electron chi connectivity index (χ0n) is 14.0. The summed E-state index contributed by atoms with van der Waals surface area (Å²) in [5.74, 6) is -0.241. The average Bonchev–Trinajstić information content (AvgIpc) is 3.11. The standard InChI is InChI=1S/C17H19FN4O2S/c1-10-7-21(8-11(2)24-10)14(12-4-3-5-13(18)6-12)15-16(23)22-17(25-15)19-9-20-22/h3-6,9-11,14,23H,7-8H2,1-2H3. The van der Waals surface area contributed by atoms with Crippen LogP contribution in [0.25, 0.3) is 4.96 Å². The Morgan fingerprint density at radius 3 is 2.76 bits per heavy atom. The van der Waals surface area contributed by atoms with Crippen molar-refractivity contribution in [1.82, 2.24) is 19.5 Å². The van der Waals surface area contributed by atoms with Crippen molar-refractivity contribution >= 4 is 16.3 Å². The lowest BCUT2D eigenvalue weighted by Gasteiger charge is -2.40. The van der Waals surface area contributed by atoms with Crippen LogP contribution in [-0.2, 0) is 4.74 Å². The van der Waals surface area contributed by atoms with Crippen molar-refractivity contribution < 1.29 is 14.2 Å². The number of benzene rings is 1. The molecular weight excluding hydrogens is 343 g/mol. The van der Waals surface area contributed by atoms with Crippen molar-refractivity contribution in [3.63, 3.8) is 0 Å². The van der Waals surface area contributed by atoms with Crippen LogP contribution in [0.2, 0.25) is 0 Å². The van der Waals surface area contributed by atoms with E-state index in [-0.39, 0.29) is 29.9 Å². The molecule has 25 heavy (non-hydrogen) atoms. The van der Waals surface area contributed by atoms with Crippen LogP contribution in [0.5, 0.6) is 5.88 Å². The van der Waals surface area contributed by atoms with Gasteiger partial charge in [-0.25, -0.2) is 9.37 Å². The lowest BCUT2D eigenvalue weighted by molar-refractivity contribution is -0.0764. The van der Waals surface area contributed by atoms with Gasteiger partial charge in [0, 0.05) is 13.1 Å². The number of aromatic hydroxyl groups is 1. The van der Waals surface area contributed by atoms with Crippen molar-refractivity contribution in [2.24, 2.45) is 0 Å². The van der Waals surface area contributed by atoms with Gasteiger partial charge >= 0.3 is 0 Å². The monoisotopic (exact) mass is 362 g/mol. The van der Waals surface area contributed by atoms with E-state index in [1.807, 2.05) is 19.9 Å². The molecule has 3 heterocycles. The van der Waals surface area contributed by atoms with Crippen LogP contribution in [0.3, 0.4) is 0 Å². The fourth-order valence-corrected chi connectivity index (χ4v) is 4.60. The highest BCUT2D eigenvalue weighted by Gasteiger charge is 2.34. The van der Waals surface area contributed by atoms with Crippen molar-refractivity contribution in [3.05, 3.63) is 46.9 Å². The highest BCUT2D eigenvalue weighted by Crippen LogP contribution is 2.40. The van der Waals surface area contributed by atoms with Gasteiger partial charge in [0.05, 0.1) is 23.1 Å². The quantitative estimate of drug-likeness (QED) is 0.776. The van der Waals surface area contributed by atoms with E-state index in [2.05, 4.69) is 15.0 Å². The SMILES string of the molecule is CC1CN(C(c2cccc(F)c2)c2sc3ncnn3c2O)CC(C)O1. The summed E-state index contributed by atoms with van der Waals surface area (Å²) < 4.78 is 21.1. The van der Waals surface area contributed by atoms with Crippen molar-refractivity contribution in [2.45, 2.75) is 32.1 Å². The molecule has 0 bridgehead atoms. The fourth-order valence-electron chi connectivity index (χ4n) is 3.51. The van der Waals surface area contributed by atoms with Crippen LogP contribution >= 0.6 is 11.3 Å². The van der Waals surface area contributed by atoms with Gasteiger partial charge in [0.2, 0.25) is 10.8 Å². The third-order valence-corrected chi connectivity index (χ3v) is 5.45. The maximum Gasteiger partial charge on any atom is 0.230 e. The third-order valence-electron chi connectivity index (χ3n) is 4.36. The van der Waals surface area contributed by atoms with Crippen LogP contribution in [0.15, 0.2) is 30.6 Å². The Morgan fingerprint density at radius 2 is 2.08 bits per heavy atom. The van der Waals surface area contributed by atoms with Gasteiger partial charge in [-0.15, -0.1) is 0 Å². The van der Waals surface area contributed by atoms with Crippen LogP contribution in [0.1, 0.15) is 30.3 Å². The molecule has 1 aliphatic rings. The predicted octanol–water partition coefficient (Wildman–Crippen LogP) is 2.83. The minimum atomic E-state index is -0.296. The summed E-state index contributed by atoms with van der Waals surface area (Å²) in [4.78, 5) is 7.71. The second-order valence-electron chi connectivity index (χ2n) is 6.41. The molecule has 1 aliphatic heterocycles. The second kappa shape index (κ2) is 6.36. The highest BCUT2D eigenvalue weighted by molar-refractivity contribution is 7.17. The summed E-state index contributed by atoms with van der Waals surface area (Å²) >= 11 is 1.37. The van der Waals surface area contributed by atoms with Gasteiger partial charge in [-0.2, -0.15) is 9.61 Å². The molecule has 1 fully saturated rings. The molecule has 2 aromatic heterocycles. The number of hydrogen-bond acceptors (Lipinski definition) is 6. The molecule has 0 spiro atoms. The summed E-state index contributed by atoms with van der Waals surface area (Å²) in [6.07, 6.45) is 1.53. The Labute approximate surface area is 148 Å². The number of hydrogen-bond donors (Lipinski definition) is 1. The first-order chi connectivity index (χ1) is 12.0. The van der Waals surface area contributed by atoms with Crippen molar-refractivity contribution in [3.8, 4) is 5.88 Å². The van der Waals surface area contributed by atoms with Gasteiger partial charge < -0.3 is 9.84 Å². The number of aromatic nitrogens is 3. The van der Waals surface area contributed by atoms with Crippen molar-refractivity contribution in [2.75, 3.05) is 13.1 Å². The van der Waals surface area contributed by atoms with Gasteiger partial charge in [0.1, 0.15) is 12.1 Å². The normalized spacial score (nSPS) is 23.2. The zero-order valence-corrected chi connectivity index (χ0v) is 14.8. The number of thiazole rings is 1. The molecule has 0 saturated carbocycles. The molecule has 8 heteroatoms. The topological polar surface area (TPSA) is 62.9 Å². The van der Waals surface area contributed by atoms with E-state index in [0.717, 1.165) is 5.56 Å². The summed E-state index contributed by atoms with van der Waals surface area (Å²) in [7, 11) is 0. The largest absolute Gasteiger partial charge is 0.492 e. The first kappa shape index (κ1) is 16.4. The van der Waals surface area contributed by atoms with Gasteiger partial charge in [0.15, 0.2) is 0 Å². The van der Waals surface area contributed by atoms with Gasteiger partial charge in [0.25, 0.3) is 0 Å². The van der Waals surface area contributed by atoms with Crippen LogP contribution in [-0.4, -0.2) is 49.9 Å². The minimum absolute atomic E-state index is 0.0542. The summed E-state index contributed by atoms with van der Waals surface area (Å²) in [5, 5.41) is 14.7. The Kier molecular flexibility index (Phi) is 4.18. The lowest BCUT2D eigenvalue weighted by Crippen LogP contribution is -2.47. The number of morpholine rings is 1. The Hall–Kier alpha value is -2.03. The Morgan fingerprint density at radius 1 is 1.32 bits per heavy atom. The summed E-state index contributed by atoms with van der Waals surface area (Å²) in [6, 6.07) is 6.24. The maximum absolute atomic E-state index is 13.9. The third kappa shape index (κ3) is 3.01.